The van der Waals surface area contributed by atoms with E-state index in [1.165, 1.54) is 0 Å². The van der Waals surface area contributed by atoms with Crippen LogP contribution in [-0.4, -0.2) is 65.7 Å². The SMILES string of the molecule is COc1cc2nc(C)nc(N[C@H](C)c3cc(C)cc(N)c3)c2cc1OC(=O)N1CCCN(C)CC1C. The van der Waals surface area contributed by atoms with Crippen molar-refractivity contribution in [3.05, 3.63) is 47.3 Å². The van der Waals surface area contributed by atoms with Crippen molar-refractivity contribution in [1.82, 2.24) is 19.8 Å². The fourth-order valence-electron chi connectivity index (χ4n) is 4.78. The molecule has 0 aliphatic carbocycles. The molecule has 3 N–H and O–H groups in total. The van der Waals surface area contributed by atoms with E-state index in [2.05, 4.69) is 40.2 Å². The maximum absolute atomic E-state index is 13.2. The molecule has 4 rings (SSSR count). The zero-order valence-corrected chi connectivity index (χ0v) is 22.0. The molecular formula is C27H36N6O3. The summed E-state index contributed by atoms with van der Waals surface area (Å²) in [6, 6.07) is 9.54. The van der Waals surface area contributed by atoms with Crippen molar-refractivity contribution in [3.8, 4) is 11.5 Å². The first-order valence-corrected chi connectivity index (χ1v) is 12.3. The smallest absolute Gasteiger partial charge is 0.415 e. The Hall–Kier alpha value is -3.59. The van der Waals surface area contributed by atoms with Gasteiger partial charge < -0.3 is 30.3 Å². The third kappa shape index (κ3) is 5.62. The van der Waals surface area contributed by atoms with Gasteiger partial charge in [0.25, 0.3) is 0 Å². The molecule has 0 radical (unpaired) electrons. The molecule has 1 saturated heterocycles. The summed E-state index contributed by atoms with van der Waals surface area (Å²) in [5.41, 5.74) is 9.63. The lowest BCUT2D eigenvalue weighted by atomic mass is 10.0. The van der Waals surface area contributed by atoms with E-state index in [-0.39, 0.29) is 18.2 Å². The Morgan fingerprint density at radius 2 is 1.92 bits per heavy atom. The normalized spacial score (nSPS) is 17.5. The van der Waals surface area contributed by atoms with Gasteiger partial charge in [-0.05, 0) is 77.0 Å². The number of nitrogen functional groups attached to an aromatic ring is 1. The molecule has 0 spiro atoms. The van der Waals surface area contributed by atoms with Crippen LogP contribution in [0.1, 0.15) is 43.3 Å². The summed E-state index contributed by atoms with van der Waals surface area (Å²) in [7, 11) is 3.62. The molecule has 2 heterocycles. The lowest BCUT2D eigenvalue weighted by molar-refractivity contribution is 0.134. The highest BCUT2D eigenvalue weighted by molar-refractivity contribution is 5.92. The summed E-state index contributed by atoms with van der Waals surface area (Å²) < 4.78 is 11.5. The maximum atomic E-state index is 13.2. The number of nitrogens with two attached hydrogens (primary N) is 1. The number of aromatic nitrogens is 2. The summed E-state index contributed by atoms with van der Waals surface area (Å²) in [6.07, 6.45) is 0.509. The molecule has 1 aliphatic rings. The van der Waals surface area contributed by atoms with Gasteiger partial charge in [0.05, 0.1) is 18.7 Å². The number of nitrogens with zero attached hydrogens (tertiary/aromatic N) is 4. The predicted octanol–water partition coefficient (Wildman–Crippen LogP) is 4.54. The predicted molar refractivity (Wildman–Crippen MR) is 143 cm³/mol. The third-order valence-corrected chi connectivity index (χ3v) is 6.55. The monoisotopic (exact) mass is 492 g/mol. The van der Waals surface area contributed by atoms with Crippen molar-refractivity contribution in [2.45, 2.75) is 46.2 Å². The Kier molecular flexibility index (Phi) is 7.49. The first kappa shape index (κ1) is 25.5. The molecule has 192 valence electrons. The van der Waals surface area contributed by atoms with E-state index < -0.39 is 0 Å². The Bertz CT molecular complexity index is 1240. The van der Waals surface area contributed by atoms with Crippen LogP contribution in [0.4, 0.5) is 16.3 Å². The van der Waals surface area contributed by atoms with Gasteiger partial charge in [-0.2, -0.15) is 0 Å². The number of nitrogens with one attached hydrogen (secondary N) is 1. The number of benzene rings is 2. The summed E-state index contributed by atoms with van der Waals surface area (Å²) in [5.74, 6) is 2.05. The number of aryl methyl sites for hydroxylation is 2. The molecule has 36 heavy (non-hydrogen) atoms. The number of hydrogen-bond donors (Lipinski definition) is 2. The number of likely N-dealkylation sites (N-methyl/N-ethyl adjacent to an activating group) is 1. The van der Waals surface area contributed by atoms with Crippen LogP contribution in [0.25, 0.3) is 10.9 Å². The summed E-state index contributed by atoms with van der Waals surface area (Å²) >= 11 is 0. The van der Waals surface area contributed by atoms with Gasteiger partial charge in [-0.15, -0.1) is 0 Å². The molecule has 1 aliphatic heterocycles. The highest BCUT2D eigenvalue weighted by Gasteiger charge is 2.27. The average Bonchev–Trinajstić information content (AvgIpc) is 2.97. The Labute approximate surface area is 212 Å². The number of rotatable bonds is 5. The van der Waals surface area contributed by atoms with Gasteiger partial charge in [-0.3, -0.25) is 0 Å². The second-order valence-corrected chi connectivity index (χ2v) is 9.71. The quantitative estimate of drug-likeness (QED) is 0.500. The van der Waals surface area contributed by atoms with E-state index >= 15 is 0 Å². The maximum Gasteiger partial charge on any atom is 0.415 e. The van der Waals surface area contributed by atoms with Crippen molar-refractivity contribution in [1.29, 1.82) is 0 Å². The lowest BCUT2D eigenvalue weighted by Gasteiger charge is -2.27. The summed E-state index contributed by atoms with van der Waals surface area (Å²) in [6.45, 7) is 10.4. The van der Waals surface area contributed by atoms with Crippen LogP contribution in [0.2, 0.25) is 0 Å². The fraction of sp³-hybridized carbons (Fsp3) is 0.444. The second-order valence-electron chi connectivity index (χ2n) is 9.71. The Balaban J connectivity index is 1.67. The molecule has 1 amide bonds. The van der Waals surface area contributed by atoms with Gasteiger partial charge in [0.15, 0.2) is 11.5 Å². The molecule has 9 nitrogen and oxygen atoms in total. The number of carbonyl (C=O) groups excluding carboxylic acids is 1. The van der Waals surface area contributed by atoms with E-state index in [1.807, 2.05) is 32.9 Å². The topological polar surface area (TPSA) is 106 Å². The van der Waals surface area contributed by atoms with Crippen LogP contribution in [0.5, 0.6) is 11.5 Å². The molecule has 9 heteroatoms. The van der Waals surface area contributed by atoms with Gasteiger partial charge in [-0.1, -0.05) is 6.07 Å². The molecular weight excluding hydrogens is 456 g/mol. The molecule has 1 fully saturated rings. The number of methoxy groups -OCH3 is 1. The van der Waals surface area contributed by atoms with E-state index in [0.29, 0.717) is 35.2 Å². The van der Waals surface area contributed by atoms with Gasteiger partial charge >= 0.3 is 6.09 Å². The van der Waals surface area contributed by atoms with Crippen molar-refractivity contribution in [3.63, 3.8) is 0 Å². The Morgan fingerprint density at radius 3 is 2.64 bits per heavy atom. The summed E-state index contributed by atoms with van der Waals surface area (Å²) in [4.78, 5) is 26.4. The third-order valence-electron chi connectivity index (χ3n) is 6.55. The first-order valence-electron chi connectivity index (χ1n) is 12.3. The van der Waals surface area contributed by atoms with Crippen LogP contribution >= 0.6 is 0 Å². The van der Waals surface area contributed by atoms with Gasteiger partial charge in [0.1, 0.15) is 11.6 Å². The highest BCUT2D eigenvalue weighted by Crippen LogP contribution is 2.36. The molecule has 0 saturated carbocycles. The highest BCUT2D eigenvalue weighted by atomic mass is 16.6. The number of hydrogen-bond acceptors (Lipinski definition) is 8. The molecule has 1 unspecified atom stereocenters. The minimum Gasteiger partial charge on any atom is -0.493 e. The average molecular weight is 493 g/mol. The molecule has 2 aromatic carbocycles. The summed E-state index contributed by atoms with van der Waals surface area (Å²) in [5, 5.41) is 4.23. The number of fused-ring (bicyclic) bond motifs is 1. The van der Waals surface area contributed by atoms with Crippen molar-refractivity contribution in [2.24, 2.45) is 0 Å². The number of ether oxygens (including phenoxy) is 2. The minimum absolute atomic E-state index is 0.0438. The van der Waals surface area contributed by atoms with E-state index in [4.69, 9.17) is 15.2 Å². The Morgan fingerprint density at radius 1 is 1.14 bits per heavy atom. The number of anilines is 2. The zero-order chi connectivity index (χ0) is 26.0. The first-order chi connectivity index (χ1) is 17.1. The molecule has 0 bridgehead atoms. The second kappa shape index (κ2) is 10.6. The van der Waals surface area contributed by atoms with Crippen LogP contribution in [0.15, 0.2) is 30.3 Å². The molecule has 2 atom stereocenters. The van der Waals surface area contributed by atoms with E-state index in [9.17, 15) is 4.79 Å². The standard InChI is InChI=1S/C27H36N6O3/c1-16-10-20(12-21(28)11-16)18(3)29-26-22-13-25(24(35-6)14-23(22)30-19(4)31-26)36-27(34)33-9-7-8-32(5)15-17(33)2/h10-14,17-18H,7-9,15,28H2,1-6H3,(H,29,30,31)/t17?,18-/m1/s1. The van der Waals surface area contributed by atoms with Gasteiger partial charge in [-0.25, -0.2) is 14.8 Å². The van der Waals surface area contributed by atoms with E-state index in [1.54, 1.807) is 24.1 Å². The minimum atomic E-state index is -0.387. The van der Waals surface area contributed by atoms with Crippen molar-refractivity contribution < 1.29 is 14.3 Å². The van der Waals surface area contributed by atoms with Crippen LogP contribution in [0, 0.1) is 13.8 Å². The van der Waals surface area contributed by atoms with Gasteiger partial charge in [0, 0.05) is 36.3 Å². The zero-order valence-electron chi connectivity index (χ0n) is 22.0. The lowest BCUT2D eigenvalue weighted by Crippen LogP contribution is -2.43. The molecule has 3 aromatic rings. The van der Waals surface area contributed by atoms with Crippen LogP contribution < -0.4 is 20.5 Å². The fourth-order valence-corrected chi connectivity index (χ4v) is 4.78. The van der Waals surface area contributed by atoms with Crippen molar-refractivity contribution in [2.75, 3.05) is 44.8 Å². The number of carbonyl (C=O) groups is 1. The number of amides is 1. The molecule has 1 aromatic heterocycles. The van der Waals surface area contributed by atoms with Crippen molar-refractivity contribution >= 4 is 28.5 Å². The largest absolute Gasteiger partial charge is 0.493 e. The van der Waals surface area contributed by atoms with Gasteiger partial charge in [0.2, 0.25) is 0 Å². The van der Waals surface area contributed by atoms with Crippen LogP contribution in [0.3, 0.4) is 0 Å². The van der Waals surface area contributed by atoms with E-state index in [0.717, 1.165) is 41.7 Å². The van der Waals surface area contributed by atoms with Crippen LogP contribution in [-0.2, 0) is 0 Å².